The number of nitrogens with zero attached hydrogens (tertiary/aromatic N) is 2. The lowest BCUT2D eigenvalue weighted by Crippen LogP contribution is -2.35. The van der Waals surface area contributed by atoms with Crippen LogP contribution in [0.4, 0.5) is 11.4 Å². The smallest absolute Gasteiger partial charge is 0.329 e. The van der Waals surface area contributed by atoms with Crippen LogP contribution in [0.2, 0.25) is 0 Å². The summed E-state index contributed by atoms with van der Waals surface area (Å²) in [5, 5.41) is 17.3. The fraction of sp³-hybridized carbons (Fsp3) is 0.208. The summed E-state index contributed by atoms with van der Waals surface area (Å²) in [6, 6.07) is 11.1. The van der Waals surface area contributed by atoms with Gasteiger partial charge in [0, 0.05) is 17.8 Å². The molecule has 11 nitrogen and oxygen atoms in total. The number of allylic oxidation sites excluding steroid dienone is 1. The molecule has 0 saturated carbocycles. The van der Waals surface area contributed by atoms with Crippen molar-refractivity contribution in [1.82, 2.24) is 5.43 Å². The van der Waals surface area contributed by atoms with E-state index in [9.17, 15) is 29.3 Å². The van der Waals surface area contributed by atoms with Gasteiger partial charge in [-0.15, -0.1) is 0 Å². The van der Waals surface area contributed by atoms with E-state index in [0.29, 0.717) is 11.3 Å². The van der Waals surface area contributed by atoms with Crippen LogP contribution in [0.3, 0.4) is 0 Å². The standard InChI is InChI=1S/C24H25N5O6/c1-14(2)19-9-4-6-15(3)21(19)26-23(32)20(27-28-24(33)22(25)31)13-18(30)11-10-16-7-5-8-17(12-16)29(34)35/h4-12,14H,13H2,1-3H3,(H2,25,31)(H,26,32)(H,28,33)/b11-10+,27-20-. The quantitative estimate of drug-likeness (QED) is 0.164. The Morgan fingerprint density at radius 3 is 2.43 bits per heavy atom. The number of para-hydroxylation sites is 1. The highest BCUT2D eigenvalue weighted by Crippen LogP contribution is 2.27. The molecule has 0 heterocycles. The minimum atomic E-state index is -1.31. The molecule has 0 spiro atoms. The van der Waals surface area contributed by atoms with Gasteiger partial charge in [-0.1, -0.05) is 50.3 Å². The second-order valence-corrected chi connectivity index (χ2v) is 7.84. The maximum absolute atomic E-state index is 13.0. The first-order valence-electron chi connectivity index (χ1n) is 10.5. The Morgan fingerprint density at radius 2 is 1.80 bits per heavy atom. The molecule has 2 aromatic rings. The van der Waals surface area contributed by atoms with Crippen LogP contribution < -0.4 is 16.5 Å². The molecule has 3 amide bonds. The zero-order chi connectivity index (χ0) is 26.1. The van der Waals surface area contributed by atoms with Crippen molar-refractivity contribution < 1.29 is 24.1 Å². The topological polar surface area (TPSA) is 174 Å². The summed E-state index contributed by atoms with van der Waals surface area (Å²) in [6.07, 6.45) is 1.95. The number of nitrogens with two attached hydrogens (primary N) is 1. The Bertz CT molecular complexity index is 1230. The number of hydrogen-bond acceptors (Lipinski definition) is 7. The number of carbonyl (C=O) groups excluding carboxylic acids is 4. The second-order valence-electron chi connectivity index (χ2n) is 7.84. The number of aryl methyl sites for hydroxylation is 1. The second kappa shape index (κ2) is 12.0. The van der Waals surface area contributed by atoms with Crippen molar-refractivity contribution in [2.45, 2.75) is 33.1 Å². The van der Waals surface area contributed by atoms with Crippen LogP contribution in [0.1, 0.15) is 42.9 Å². The molecule has 0 aliphatic rings. The molecule has 0 bridgehead atoms. The van der Waals surface area contributed by atoms with Gasteiger partial charge < -0.3 is 11.1 Å². The molecule has 0 aliphatic heterocycles. The lowest BCUT2D eigenvalue weighted by atomic mass is 9.98. The molecule has 0 aliphatic carbocycles. The predicted molar refractivity (Wildman–Crippen MR) is 130 cm³/mol. The monoisotopic (exact) mass is 479 g/mol. The zero-order valence-electron chi connectivity index (χ0n) is 19.4. The number of primary amides is 1. The number of ketones is 1. The Hall–Kier alpha value is -4.67. The summed E-state index contributed by atoms with van der Waals surface area (Å²) in [5.74, 6) is -3.82. The SMILES string of the molecule is Cc1cccc(C(C)C)c1NC(=O)/C(CC(=O)/C=C/c1cccc([N+](=O)[O-])c1)=N\NC(=O)C(N)=O. The summed E-state index contributed by atoms with van der Waals surface area (Å²) >= 11 is 0. The third-order valence-corrected chi connectivity index (χ3v) is 4.83. The minimum absolute atomic E-state index is 0.0830. The van der Waals surface area contributed by atoms with Crippen LogP contribution in [0.15, 0.2) is 53.6 Å². The number of nitrogens with one attached hydrogen (secondary N) is 2. The summed E-state index contributed by atoms with van der Waals surface area (Å²) < 4.78 is 0. The molecule has 0 fully saturated rings. The van der Waals surface area contributed by atoms with E-state index in [1.165, 1.54) is 24.3 Å². The van der Waals surface area contributed by atoms with E-state index in [2.05, 4.69) is 10.4 Å². The Balaban J connectivity index is 2.29. The van der Waals surface area contributed by atoms with E-state index < -0.39 is 34.8 Å². The zero-order valence-corrected chi connectivity index (χ0v) is 19.4. The van der Waals surface area contributed by atoms with Gasteiger partial charge in [0.05, 0.1) is 11.3 Å². The van der Waals surface area contributed by atoms with Crippen molar-refractivity contribution >= 4 is 46.7 Å². The maximum atomic E-state index is 13.0. The molecule has 35 heavy (non-hydrogen) atoms. The number of non-ortho nitro benzene ring substituents is 1. The Kier molecular flexibility index (Phi) is 9.10. The lowest BCUT2D eigenvalue weighted by Gasteiger charge is -2.16. The number of hydrazone groups is 1. The molecule has 4 N–H and O–H groups in total. The molecule has 182 valence electrons. The number of carbonyl (C=O) groups is 4. The van der Waals surface area contributed by atoms with Crippen molar-refractivity contribution in [1.29, 1.82) is 0 Å². The Labute approximate surface area is 201 Å². The summed E-state index contributed by atoms with van der Waals surface area (Å²) in [5.41, 5.74) is 8.83. The first kappa shape index (κ1) is 26.6. The van der Waals surface area contributed by atoms with E-state index >= 15 is 0 Å². The number of nitro groups is 1. The van der Waals surface area contributed by atoms with Crippen LogP contribution >= 0.6 is 0 Å². The van der Waals surface area contributed by atoms with Crippen molar-refractivity contribution in [3.8, 4) is 0 Å². The molecule has 0 atom stereocenters. The fourth-order valence-electron chi connectivity index (χ4n) is 3.03. The average Bonchev–Trinajstić information content (AvgIpc) is 2.81. The van der Waals surface area contributed by atoms with Crippen molar-refractivity contribution in [2.24, 2.45) is 10.8 Å². The molecule has 0 aromatic heterocycles. The first-order valence-corrected chi connectivity index (χ1v) is 10.5. The van der Waals surface area contributed by atoms with Crippen LogP contribution in [-0.2, 0) is 19.2 Å². The van der Waals surface area contributed by atoms with Gasteiger partial charge in [0.2, 0.25) is 0 Å². The normalized spacial score (nSPS) is 11.4. The third-order valence-electron chi connectivity index (χ3n) is 4.83. The van der Waals surface area contributed by atoms with E-state index in [1.807, 2.05) is 31.4 Å². The minimum Gasteiger partial charge on any atom is -0.361 e. The van der Waals surface area contributed by atoms with Gasteiger partial charge in [0.25, 0.3) is 11.6 Å². The van der Waals surface area contributed by atoms with Gasteiger partial charge in [-0.2, -0.15) is 5.10 Å². The van der Waals surface area contributed by atoms with Crippen LogP contribution in [0.5, 0.6) is 0 Å². The number of anilines is 1. The van der Waals surface area contributed by atoms with Gasteiger partial charge in [-0.3, -0.25) is 29.3 Å². The summed E-state index contributed by atoms with van der Waals surface area (Å²) in [7, 11) is 0. The van der Waals surface area contributed by atoms with Crippen molar-refractivity contribution in [2.75, 3.05) is 5.32 Å². The number of hydrogen-bond donors (Lipinski definition) is 3. The molecule has 11 heteroatoms. The molecule has 2 aromatic carbocycles. The summed E-state index contributed by atoms with van der Waals surface area (Å²) in [4.78, 5) is 58.4. The maximum Gasteiger partial charge on any atom is 0.329 e. The highest BCUT2D eigenvalue weighted by molar-refractivity contribution is 6.46. The first-order chi connectivity index (χ1) is 16.5. The molecule has 2 rings (SSSR count). The van der Waals surface area contributed by atoms with E-state index in [4.69, 9.17) is 5.73 Å². The fourth-order valence-corrected chi connectivity index (χ4v) is 3.03. The molecule has 0 saturated heterocycles. The van der Waals surface area contributed by atoms with E-state index in [-0.39, 0.29) is 17.3 Å². The molecular formula is C24H25N5O6. The van der Waals surface area contributed by atoms with E-state index in [1.54, 1.807) is 19.1 Å². The largest absolute Gasteiger partial charge is 0.361 e. The highest BCUT2D eigenvalue weighted by atomic mass is 16.6. The van der Waals surface area contributed by atoms with Crippen LogP contribution in [0.25, 0.3) is 6.08 Å². The third kappa shape index (κ3) is 7.70. The molecule has 0 radical (unpaired) electrons. The Morgan fingerprint density at radius 1 is 1.11 bits per heavy atom. The highest BCUT2D eigenvalue weighted by Gasteiger charge is 2.20. The number of benzene rings is 2. The molecule has 0 unspecified atom stereocenters. The van der Waals surface area contributed by atoms with Crippen LogP contribution in [-0.4, -0.2) is 34.1 Å². The number of amides is 3. The van der Waals surface area contributed by atoms with Gasteiger partial charge in [0.1, 0.15) is 5.71 Å². The van der Waals surface area contributed by atoms with Gasteiger partial charge >= 0.3 is 11.8 Å². The van der Waals surface area contributed by atoms with Gasteiger partial charge in [-0.05, 0) is 35.6 Å². The summed E-state index contributed by atoms with van der Waals surface area (Å²) in [6.45, 7) is 5.71. The number of nitro benzene ring substituents is 1. The van der Waals surface area contributed by atoms with Gasteiger partial charge in [-0.25, -0.2) is 5.43 Å². The van der Waals surface area contributed by atoms with E-state index in [0.717, 1.165) is 17.2 Å². The van der Waals surface area contributed by atoms with Crippen molar-refractivity contribution in [3.63, 3.8) is 0 Å². The van der Waals surface area contributed by atoms with Gasteiger partial charge in [0.15, 0.2) is 5.78 Å². The number of rotatable bonds is 9. The molecular weight excluding hydrogens is 454 g/mol. The lowest BCUT2D eigenvalue weighted by molar-refractivity contribution is -0.384. The average molecular weight is 479 g/mol. The van der Waals surface area contributed by atoms with Crippen molar-refractivity contribution in [3.05, 3.63) is 75.3 Å². The predicted octanol–water partition coefficient (Wildman–Crippen LogP) is 2.60. The van der Waals surface area contributed by atoms with Crippen LogP contribution in [0, 0.1) is 17.0 Å².